The molecule has 2 atom stereocenters. The first-order valence-electron chi connectivity index (χ1n) is 3.88. The first-order valence-corrected chi connectivity index (χ1v) is 3.88. The van der Waals surface area contributed by atoms with Gasteiger partial charge in [-0.2, -0.15) is 0 Å². The lowest BCUT2D eigenvalue weighted by Crippen LogP contribution is -1.93. The average molecular weight is 112 g/mol. The van der Waals surface area contributed by atoms with E-state index in [1.54, 1.807) is 19.3 Å². The molecule has 0 amide bonds. The molecule has 0 aromatic heterocycles. The fraction of sp³-hybridized carbons (Fsp3) is 1.00. The van der Waals surface area contributed by atoms with E-state index in [9.17, 15) is 0 Å². The highest BCUT2D eigenvalue weighted by atomic mass is 14.5. The molecule has 0 aromatic rings. The first kappa shape index (κ1) is 6.12. The van der Waals surface area contributed by atoms with Crippen LogP contribution in [0.15, 0.2) is 0 Å². The molecule has 0 heterocycles. The number of hydrogen-bond acceptors (Lipinski definition) is 0. The van der Waals surface area contributed by atoms with Crippen molar-refractivity contribution in [2.45, 2.75) is 39.5 Å². The lowest BCUT2D eigenvalue weighted by Gasteiger charge is -2.04. The molecule has 0 saturated heterocycles. The molecule has 0 spiro atoms. The molecular weight excluding hydrogens is 96.1 g/mol. The van der Waals surface area contributed by atoms with Crippen molar-refractivity contribution >= 4 is 0 Å². The van der Waals surface area contributed by atoms with Gasteiger partial charge in [-0.15, -0.1) is 0 Å². The summed E-state index contributed by atoms with van der Waals surface area (Å²) in [4.78, 5) is 0. The Labute approximate surface area is 52.3 Å². The molecule has 2 rings (SSSR count). The van der Waals surface area contributed by atoms with Crippen LogP contribution in [-0.2, 0) is 0 Å². The van der Waals surface area contributed by atoms with Gasteiger partial charge in [0.25, 0.3) is 0 Å². The van der Waals surface area contributed by atoms with Crippen molar-refractivity contribution in [1.82, 2.24) is 0 Å². The van der Waals surface area contributed by atoms with Gasteiger partial charge in [-0.05, 0) is 31.1 Å². The van der Waals surface area contributed by atoms with E-state index in [4.69, 9.17) is 0 Å². The van der Waals surface area contributed by atoms with Crippen LogP contribution in [0.25, 0.3) is 0 Å². The molecule has 2 aliphatic rings. The van der Waals surface area contributed by atoms with E-state index in [1.807, 2.05) is 0 Å². The quantitative estimate of drug-likeness (QED) is 0.452. The summed E-state index contributed by atoms with van der Waals surface area (Å²) in [6.07, 6.45) is 5.95. The molecule has 2 fully saturated rings. The van der Waals surface area contributed by atoms with Crippen LogP contribution in [0.4, 0.5) is 0 Å². The number of fused-ring (bicyclic) bond motifs is 1. The Kier molecular flexibility index (Phi) is 1.93. The second kappa shape index (κ2) is 2.52. The highest BCUT2D eigenvalue weighted by Crippen LogP contribution is 2.55. The molecular formula is C8H16. The van der Waals surface area contributed by atoms with E-state index < -0.39 is 0 Å². The van der Waals surface area contributed by atoms with Crippen molar-refractivity contribution in [3.8, 4) is 0 Å². The molecule has 8 heavy (non-hydrogen) atoms. The zero-order chi connectivity index (χ0) is 5.98. The van der Waals surface area contributed by atoms with Crippen LogP contribution in [0.3, 0.4) is 0 Å². The van der Waals surface area contributed by atoms with Crippen molar-refractivity contribution in [3.05, 3.63) is 0 Å². The third-order valence-corrected chi connectivity index (χ3v) is 1.98. The molecule has 0 aliphatic heterocycles. The average Bonchev–Trinajstić information content (AvgIpc) is 2.16. The van der Waals surface area contributed by atoms with Crippen LogP contribution in [-0.4, -0.2) is 0 Å². The van der Waals surface area contributed by atoms with E-state index >= 15 is 0 Å². The van der Waals surface area contributed by atoms with Crippen molar-refractivity contribution in [2.75, 3.05) is 0 Å². The Hall–Kier alpha value is 0. The van der Waals surface area contributed by atoms with Gasteiger partial charge in [-0.25, -0.2) is 0 Å². The van der Waals surface area contributed by atoms with E-state index in [1.165, 1.54) is 18.3 Å². The molecule has 0 bridgehead atoms. The Morgan fingerprint density at radius 1 is 1.12 bits per heavy atom. The van der Waals surface area contributed by atoms with Gasteiger partial charge in [-0.1, -0.05) is 20.3 Å². The minimum absolute atomic E-state index is 1.23. The number of rotatable bonds is 0. The lowest BCUT2D eigenvalue weighted by atomic mass is 10.0. The number of hydrogen-bond donors (Lipinski definition) is 0. The van der Waals surface area contributed by atoms with Gasteiger partial charge in [-0.3, -0.25) is 0 Å². The standard InChI is InChI=1S/C5H8.C3H8/c1-2-5-3-4(1)5;1-3-2/h4-5H,1-3H2;3H2,1-2H3. The van der Waals surface area contributed by atoms with Crippen LogP contribution in [0, 0.1) is 11.8 Å². The van der Waals surface area contributed by atoms with E-state index in [0.29, 0.717) is 0 Å². The Balaban J connectivity index is 0.0000000960. The first-order chi connectivity index (χ1) is 3.88. The van der Waals surface area contributed by atoms with Gasteiger partial charge in [0.05, 0.1) is 0 Å². The van der Waals surface area contributed by atoms with E-state index in [-0.39, 0.29) is 0 Å². The lowest BCUT2D eigenvalue weighted by molar-refractivity contribution is 0.468. The van der Waals surface area contributed by atoms with Crippen molar-refractivity contribution in [2.24, 2.45) is 11.8 Å². The van der Waals surface area contributed by atoms with Crippen LogP contribution in [0.5, 0.6) is 0 Å². The highest BCUT2D eigenvalue weighted by molar-refractivity contribution is 4.95. The van der Waals surface area contributed by atoms with Crippen molar-refractivity contribution in [1.29, 1.82) is 0 Å². The SMILES string of the molecule is C1CC2CC12.CCC. The maximum absolute atomic E-state index is 2.12. The summed E-state index contributed by atoms with van der Waals surface area (Å²) in [5, 5.41) is 0. The molecule has 48 valence electrons. The Morgan fingerprint density at radius 3 is 1.50 bits per heavy atom. The van der Waals surface area contributed by atoms with Gasteiger partial charge < -0.3 is 0 Å². The molecule has 2 unspecified atom stereocenters. The second-order valence-electron chi connectivity index (χ2n) is 3.04. The minimum atomic E-state index is 1.23. The smallest absolute Gasteiger partial charge is 0.0383 e. The zero-order valence-electron chi connectivity index (χ0n) is 5.98. The Bertz CT molecular complexity index is 54.4. The zero-order valence-corrected chi connectivity index (χ0v) is 5.98. The van der Waals surface area contributed by atoms with E-state index in [0.717, 1.165) is 0 Å². The minimum Gasteiger partial charge on any atom is -0.0656 e. The summed E-state index contributed by atoms with van der Waals surface area (Å²) in [5.41, 5.74) is 0. The predicted octanol–water partition coefficient (Wildman–Crippen LogP) is 2.83. The highest BCUT2D eigenvalue weighted by Gasteiger charge is 2.44. The van der Waals surface area contributed by atoms with Crippen molar-refractivity contribution in [3.63, 3.8) is 0 Å². The van der Waals surface area contributed by atoms with Crippen LogP contribution in [0.2, 0.25) is 0 Å². The fourth-order valence-electron chi connectivity index (χ4n) is 1.18. The summed E-state index contributed by atoms with van der Waals surface area (Å²) in [5.74, 6) is 2.46. The Morgan fingerprint density at radius 2 is 1.50 bits per heavy atom. The van der Waals surface area contributed by atoms with Gasteiger partial charge >= 0.3 is 0 Å². The third kappa shape index (κ3) is 1.24. The molecule has 2 saturated carbocycles. The summed E-state index contributed by atoms with van der Waals surface area (Å²) in [7, 11) is 0. The van der Waals surface area contributed by atoms with Crippen LogP contribution in [0.1, 0.15) is 39.5 Å². The van der Waals surface area contributed by atoms with Gasteiger partial charge in [0, 0.05) is 0 Å². The molecule has 0 radical (unpaired) electrons. The fourth-order valence-corrected chi connectivity index (χ4v) is 1.18. The molecule has 0 aromatic carbocycles. The maximum atomic E-state index is 2.12. The molecule has 0 N–H and O–H groups in total. The molecule has 0 nitrogen and oxygen atoms in total. The summed E-state index contributed by atoms with van der Waals surface area (Å²) in [6, 6.07) is 0. The monoisotopic (exact) mass is 112 g/mol. The normalized spacial score (nSPS) is 38.2. The summed E-state index contributed by atoms with van der Waals surface area (Å²) >= 11 is 0. The second-order valence-corrected chi connectivity index (χ2v) is 3.04. The van der Waals surface area contributed by atoms with Gasteiger partial charge in [0.2, 0.25) is 0 Å². The maximum Gasteiger partial charge on any atom is -0.0383 e. The molecule has 0 heteroatoms. The van der Waals surface area contributed by atoms with E-state index in [2.05, 4.69) is 13.8 Å². The van der Waals surface area contributed by atoms with Crippen LogP contribution >= 0.6 is 0 Å². The van der Waals surface area contributed by atoms with Gasteiger partial charge in [0.1, 0.15) is 0 Å². The topological polar surface area (TPSA) is 0 Å². The summed E-state index contributed by atoms with van der Waals surface area (Å²) in [6.45, 7) is 4.25. The van der Waals surface area contributed by atoms with Gasteiger partial charge in [0.15, 0.2) is 0 Å². The third-order valence-electron chi connectivity index (χ3n) is 1.98. The molecule has 2 aliphatic carbocycles. The van der Waals surface area contributed by atoms with Crippen LogP contribution < -0.4 is 0 Å². The predicted molar refractivity (Wildman–Crippen MR) is 36.8 cm³/mol. The van der Waals surface area contributed by atoms with Crippen molar-refractivity contribution < 1.29 is 0 Å². The summed E-state index contributed by atoms with van der Waals surface area (Å²) < 4.78 is 0. The largest absolute Gasteiger partial charge is 0.0656 e.